The highest BCUT2D eigenvalue weighted by Gasteiger charge is 2.17. The van der Waals surface area contributed by atoms with Gasteiger partial charge in [-0.3, -0.25) is 0 Å². The molecule has 2 N–H and O–H groups in total. The van der Waals surface area contributed by atoms with E-state index in [-0.39, 0.29) is 12.2 Å². The number of unbranched alkanes of at least 4 members (excludes halogenated alkanes) is 2. The van der Waals surface area contributed by atoms with E-state index in [1.165, 1.54) is 12.1 Å². The van der Waals surface area contributed by atoms with E-state index in [1.54, 1.807) is 0 Å². The normalized spacial score (nSPS) is 10.8. The molecule has 19 heavy (non-hydrogen) atoms. The molecule has 0 aliphatic heterocycles. The predicted molar refractivity (Wildman–Crippen MR) is 76.3 cm³/mol. The van der Waals surface area contributed by atoms with Gasteiger partial charge < -0.3 is 10.6 Å². The number of anilines is 1. The summed E-state index contributed by atoms with van der Waals surface area (Å²) < 4.78 is 28.1. The second-order valence-electron chi connectivity index (χ2n) is 4.81. The molecule has 1 aromatic carbocycles. The summed E-state index contributed by atoms with van der Waals surface area (Å²) in [5.74, 6) is -1.01. The van der Waals surface area contributed by atoms with Crippen LogP contribution in [0.1, 0.15) is 45.1 Å². The van der Waals surface area contributed by atoms with E-state index in [0.717, 1.165) is 25.7 Å². The minimum Gasteiger partial charge on any atom is -0.367 e. The molecule has 0 saturated heterocycles. The van der Waals surface area contributed by atoms with E-state index >= 15 is 0 Å². The quantitative estimate of drug-likeness (QED) is 0.778. The van der Waals surface area contributed by atoms with Crippen molar-refractivity contribution in [1.29, 1.82) is 0 Å². The van der Waals surface area contributed by atoms with E-state index in [9.17, 15) is 8.78 Å². The summed E-state index contributed by atoms with van der Waals surface area (Å²) in [4.78, 5) is 1.82. The molecule has 4 heteroatoms. The molecular formula is C15H24F2N2. The summed E-state index contributed by atoms with van der Waals surface area (Å²) in [7, 11) is 0. The van der Waals surface area contributed by atoms with Gasteiger partial charge in [0.25, 0.3) is 0 Å². The van der Waals surface area contributed by atoms with Gasteiger partial charge >= 0.3 is 0 Å². The molecule has 0 aromatic heterocycles. The van der Waals surface area contributed by atoms with Crippen LogP contribution in [0.25, 0.3) is 0 Å². The minimum absolute atomic E-state index is 0.0964. The maximum atomic E-state index is 14.1. The van der Waals surface area contributed by atoms with Crippen LogP contribution in [-0.2, 0) is 6.54 Å². The molecule has 0 atom stereocenters. The first-order valence-electron chi connectivity index (χ1n) is 7.06. The van der Waals surface area contributed by atoms with Crippen LogP contribution >= 0.6 is 0 Å². The van der Waals surface area contributed by atoms with Crippen LogP contribution in [0.4, 0.5) is 14.5 Å². The van der Waals surface area contributed by atoms with Crippen molar-refractivity contribution >= 4 is 5.69 Å². The smallest absolute Gasteiger partial charge is 0.149 e. The van der Waals surface area contributed by atoms with Crippen molar-refractivity contribution in [1.82, 2.24) is 0 Å². The zero-order valence-electron chi connectivity index (χ0n) is 11.9. The number of hydrogen-bond donors (Lipinski definition) is 1. The molecule has 0 bridgehead atoms. The van der Waals surface area contributed by atoms with Crippen LogP contribution in [0.2, 0.25) is 0 Å². The third-order valence-electron chi connectivity index (χ3n) is 3.19. The third-order valence-corrected chi connectivity index (χ3v) is 3.19. The van der Waals surface area contributed by atoms with Crippen LogP contribution in [-0.4, -0.2) is 13.1 Å². The maximum Gasteiger partial charge on any atom is 0.149 e. The first-order chi connectivity index (χ1) is 9.13. The maximum absolute atomic E-state index is 14.1. The molecule has 0 aliphatic rings. The Morgan fingerprint density at radius 3 is 1.84 bits per heavy atom. The van der Waals surface area contributed by atoms with Gasteiger partial charge in [-0.1, -0.05) is 26.7 Å². The molecular weight excluding hydrogens is 246 g/mol. The molecule has 0 heterocycles. The third kappa shape index (κ3) is 4.46. The molecule has 0 radical (unpaired) electrons. The zero-order valence-corrected chi connectivity index (χ0v) is 11.9. The summed E-state index contributed by atoms with van der Waals surface area (Å²) in [6, 6.07) is 2.67. The van der Waals surface area contributed by atoms with Crippen molar-refractivity contribution in [3.05, 3.63) is 29.3 Å². The number of nitrogens with two attached hydrogens (primary N) is 1. The van der Waals surface area contributed by atoms with E-state index < -0.39 is 11.6 Å². The van der Waals surface area contributed by atoms with Gasteiger partial charge in [-0.15, -0.1) is 0 Å². The Morgan fingerprint density at radius 2 is 1.47 bits per heavy atom. The lowest BCUT2D eigenvalue weighted by atomic mass is 10.1. The molecule has 1 rings (SSSR count). The van der Waals surface area contributed by atoms with Gasteiger partial charge in [-0.05, 0) is 30.5 Å². The van der Waals surface area contributed by atoms with E-state index in [4.69, 9.17) is 5.73 Å². The van der Waals surface area contributed by atoms with Crippen LogP contribution in [0.5, 0.6) is 0 Å². The fraction of sp³-hybridized carbons (Fsp3) is 0.600. The Morgan fingerprint density at radius 1 is 1.00 bits per heavy atom. The van der Waals surface area contributed by atoms with Crippen LogP contribution in [0, 0.1) is 11.6 Å². The number of nitrogens with zero attached hydrogens (tertiary/aromatic N) is 1. The topological polar surface area (TPSA) is 29.3 Å². The van der Waals surface area contributed by atoms with E-state index in [1.807, 2.05) is 4.90 Å². The fourth-order valence-electron chi connectivity index (χ4n) is 2.07. The van der Waals surface area contributed by atoms with Gasteiger partial charge in [0.2, 0.25) is 0 Å². The second-order valence-corrected chi connectivity index (χ2v) is 4.81. The van der Waals surface area contributed by atoms with Gasteiger partial charge in [-0.25, -0.2) is 8.78 Å². The summed E-state index contributed by atoms with van der Waals surface area (Å²) in [5, 5.41) is 0. The van der Waals surface area contributed by atoms with Crippen LogP contribution in [0.15, 0.2) is 12.1 Å². The highest BCUT2D eigenvalue weighted by molar-refractivity contribution is 5.50. The van der Waals surface area contributed by atoms with E-state index in [0.29, 0.717) is 18.7 Å². The van der Waals surface area contributed by atoms with Gasteiger partial charge in [-0.2, -0.15) is 0 Å². The summed E-state index contributed by atoms with van der Waals surface area (Å²) in [6.07, 6.45) is 3.88. The Hall–Kier alpha value is -1.16. The lowest BCUT2D eigenvalue weighted by Crippen LogP contribution is -2.27. The Bertz CT molecular complexity index is 363. The van der Waals surface area contributed by atoms with E-state index in [2.05, 4.69) is 13.8 Å². The van der Waals surface area contributed by atoms with Crippen molar-refractivity contribution in [2.75, 3.05) is 18.0 Å². The Balaban J connectivity index is 2.99. The lowest BCUT2D eigenvalue weighted by molar-refractivity contribution is 0.558. The average molecular weight is 270 g/mol. The Kier molecular flexibility index (Phi) is 6.78. The summed E-state index contributed by atoms with van der Waals surface area (Å²) in [5.41, 5.74) is 6.01. The largest absolute Gasteiger partial charge is 0.367 e. The minimum atomic E-state index is -0.507. The van der Waals surface area contributed by atoms with Gasteiger partial charge in [0.15, 0.2) is 0 Å². The molecule has 0 spiro atoms. The standard InChI is InChI=1S/C15H24F2N2/c1-3-5-7-19(8-6-4-2)15-13(16)9-12(11-18)10-14(15)17/h9-10H,3-8,11,18H2,1-2H3. The molecule has 0 amide bonds. The van der Waals surface area contributed by atoms with Crippen molar-refractivity contribution in [3.8, 4) is 0 Å². The molecule has 2 nitrogen and oxygen atoms in total. The molecule has 1 aromatic rings. The molecule has 0 saturated carbocycles. The Labute approximate surface area is 114 Å². The molecule has 108 valence electrons. The van der Waals surface area contributed by atoms with Crippen molar-refractivity contribution in [3.63, 3.8) is 0 Å². The van der Waals surface area contributed by atoms with Crippen molar-refractivity contribution in [2.24, 2.45) is 5.73 Å². The highest BCUT2D eigenvalue weighted by Crippen LogP contribution is 2.25. The van der Waals surface area contributed by atoms with Crippen LogP contribution < -0.4 is 10.6 Å². The second kappa shape index (κ2) is 8.10. The van der Waals surface area contributed by atoms with Gasteiger partial charge in [0.05, 0.1) is 0 Å². The summed E-state index contributed by atoms with van der Waals surface area (Å²) >= 11 is 0. The number of hydrogen-bond acceptors (Lipinski definition) is 2. The lowest BCUT2D eigenvalue weighted by Gasteiger charge is -2.26. The highest BCUT2D eigenvalue weighted by atomic mass is 19.1. The monoisotopic (exact) mass is 270 g/mol. The zero-order chi connectivity index (χ0) is 14.3. The van der Waals surface area contributed by atoms with Gasteiger partial charge in [0.1, 0.15) is 17.3 Å². The first kappa shape index (κ1) is 15.9. The first-order valence-corrected chi connectivity index (χ1v) is 7.06. The van der Waals surface area contributed by atoms with Crippen LogP contribution in [0.3, 0.4) is 0 Å². The number of benzene rings is 1. The summed E-state index contributed by atoms with van der Waals surface area (Å²) in [6.45, 7) is 5.67. The number of rotatable bonds is 8. The SMILES string of the molecule is CCCCN(CCCC)c1c(F)cc(CN)cc1F. The predicted octanol–water partition coefficient (Wildman–Crippen LogP) is 3.83. The molecule has 0 aliphatic carbocycles. The fourth-order valence-corrected chi connectivity index (χ4v) is 2.07. The average Bonchev–Trinajstić information content (AvgIpc) is 2.40. The van der Waals surface area contributed by atoms with Crippen molar-refractivity contribution in [2.45, 2.75) is 46.1 Å². The molecule has 0 fully saturated rings. The van der Waals surface area contributed by atoms with Crippen molar-refractivity contribution < 1.29 is 8.78 Å². The molecule has 0 unspecified atom stereocenters. The van der Waals surface area contributed by atoms with Gasteiger partial charge in [0, 0.05) is 19.6 Å². The number of halogens is 2.